The largest absolute Gasteiger partial charge is 0.395 e. The van der Waals surface area contributed by atoms with Crippen molar-refractivity contribution in [3.8, 4) is 11.8 Å². The summed E-state index contributed by atoms with van der Waals surface area (Å²) in [5, 5.41) is 12.9. The number of hydrogen-bond donors (Lipinski definition) is 1. The molecular formula is C16H16N2O2. The molecule has 0 saturated heterocycles. The van der Waals surface area contributed by atoms with Crippen molar-refractivity contribution in [2.24, 2.45) is 0 Å². The maximum atomic E-state index is 11.8. The molecule has 0 fully saturated rings. The second-order valence-corrected chi connectivity index (χ2v) is 4.46. The molecule has 0 aliphatic heterocycles. The molecule has 102 valence electrons. The van der Waals surface area contributed by atoms with Crippen LogP contribution in [0.15, 0.2) is 41.3 Å². The molecule has 0 unspecified atom stereocenters. The lowest BCUT2D eigenvalue weighted by molar-refractivity contribution is 0.305. The third-order valence-electron chi connectivity index (χ3n) is 2.80. The fraction of sp³-hybridized carbons (Fsp3) is 0.250. The number of nitrogens with zero attached hydrogens (tertiary/aromatic N) is 2. The van der Waals surface area contributed by atoms with E-state index in [1.807, 2.05) is 31.2 Å². The fourth-order valence-electron chi connectivity index (χ4n) is 1.80. The molecule has 0 aliphatic rings. The van der Waals surface area contributed by atoms with E-state index in [1.54, 1.807) is 12.3 Å². The van der Waals surface area contributed by atoms with Crippen molar-refractivity contribution < 1.29 is 5.11 Å². The average Bonchev–Trinajstić information content (AvgIpc) is 2.44. The summed E-state index contributed by atoms with van der Waals surface area (Å²) < 4.78 is 1.42. The van der Waals surface area contributed by atoms with E-state index in [-0.39, 0.29) is 12.2 Å². The summed E-state index contributed by atoms with van der Waals surface area (Å²) >= 11 is 0. The van der Waals surface area contributed by atoms with Crippen molar-refractivity contribution in [2.75, 3.05) is 6.61 Å². The van der Waals surface area contributed by atoms with Gasteiger partial charge in [0.05, 0.1) is 19.3 Å². The lowest BCUT2D eigenvalue weighted by Gasteiger charge is -2.06. The van der Waals surface area contributed by atoms with Crippen LogP contribution in [0.5, 0.6) is 0 Å². The van der Waals surface area contributed by atoms with Crippen LogP contribution < -0.4 is 5.56 Å². The first-order valence-corrected chi connectivity index (χ1v) is 6.42. The van der Waals surface area contributed by atoms with Crippen molar-refractivity contribution in [3.05, 3.63) is 63.6 Å². The normalized spacial score (nSPS) is 9.90. The number of hydrogen-bond acceptors (Lipinski definition) is 3. The molecule has 0 bridgehead atoms. The molecule has 2 rings (SSSR count). The first-order chi connectivity index (χ1) is 9.70. The molecule has 1 N–H and O–H groups in total. The van der Waals surface area contributed by atoms with Gasteiger partial charge in [-0.2, -0.15) is 5.10 Å². The van der Waals surface area contributed by atoms with Gasteiger partial charge in [0, 0.05) is 18.1 Å². The molecule has 20 heavy (non-hydrogen) atoms. The number of aliphatic hydroxyl groups is 1. The lowest BCUT2D eigenvalue weighted by atomic mass is 10.1. The summed E-state index contributed by atoms with van der Waals surface area (Å²) in [6.07, 6.45) is 2.11. The first-order valence-electron chi connectivity index (χ1n) is 6.42. The van der Waals surface area contributed by atoms with E-state index in [1.165, 1.54) is 4.68 Å². The number of aromatic nitrogens is 2. The van der Waals surface area contributed by atoms with Crippen LogP contribution in [0.1, 0.15) is 23.1 Å². The molecule has 0 saturated carbocycles. The van der Waals surface area contributed by atoms with Crippen molar-refractivity contribution in [2.45, 2.75) is 19.9 Å². The molecular weight excluding hydrogens is 252 g/mol. The van der Waals surface area contributed by atoms with Crippen LogP contribution in [0.2, 0.25) is 0 Å². The minimum absolute atomic E-state index is 0.0497. The highest BCUT2D eigenvalue weighted by molar-refractivity contribution is 5.41. The van der Waals surface area contributed by atoms with Gasteiger partial charge in [0.2, 0.25) is 0 Å². The number of aryl methyl sites for hydroxylation is 1. The van der Waals surface area contributed by atoms with Crippen LogP contribution in [0.3, 0.4) is 0 Å². The molecule has 0 radical (unpaired) electrons. The number of rotatable bonds is 3. The van der Waals surface area contributed by atoms with E-state index >= 15 is 0 Å². The highest BCUT2D eigenvalue weighted by Gasteiger charge is 2.03. The summed E-state index contributed by atoms with van der Waals surface area (Å²) in [7, 11) is 0. The lowest BCUT2D eigenvalue weighted by Crippen LogP contribution is -2.23. The van der Waals surface area contributed by atoms with E-state index in [0.29, 0.717) is 13.0 Å². The van der Waals surface area contributed by atoms with Gasteiger partial charge >= 0.3 is 0 Å². The average molecular weight is 268 g/mol. The number of benzene rings is 1. The Morgan fingerprint density at radius 3 is 2.90 bits per heavy atom. The van der Waals surface area contributed by atoms with Crippen molar-refractivity contribution in [1.29, 1.82) is 0 Å². The van der Waals surface area contributed by atoms with Gasteiger partial charge in [-0.3, -0.25) is 4.79 Å². The smallest absolute Gasteiger partial charge is 0.267 e. The highest BCUT2D eigenvalue weighted by Crippen LogP contribution is 2.08. The minimum atomic E-state index is -0.122. The van der Waals surface area contributed by atoms with Crippen LogP contribution in [0.25, 0.3) is 0 Å². The Hall–Kier alpha value is -2.38. The van der Waals surface area contributed by atoms with Crippen molar-refractivity contribution >= 4 is 0 Å². The van der Waals surface area contributed by atoms with Gasteiger partial charge in [-0.15, -0.1) is 0 Å². The second kappa shape index (κ2) is 6.69. The molecule has 0 aliphatic carbocycles. The molecule has 0 amide bonds. The molecule has 0 atom stereocenters. The maximum absolute atomic E-state index is 11.8. The standard InChI is InChI=1S/C16H16N2O2/c1-13-10-16(20)18(17-11-13)12-15-8-3-2-6-14(15)7-4-5-9-19/h2-3,6,8,10-11,19H,5,9,12H2,1H3. The predicted molar refractivity (Wildman–Crippen MR) is 77.4 cm³/mol. The molecule has 1 heterocycles. The Balaban J connectivity index is 2.30. The summed E-state index contributed by atoms with van der Waals surface area (Å²) in [5.41, 5.74) is 2.53. The zero-order valence-electron chi connectivity index (χ0n) is 11.3. The van der Waals surface area contributed by atoms with E-state index in [0.717, 1.165) is 16.7 Å². The van der Waals surface area contributed by atoms with Gasteiger partial charge in [-0.25, -0.2) is 4.68 Å². The molecule has 1 aromatic heterocycles. The second-order valence-electron chi connectivity index (χ2n) is 4.46. The number of aliphatic hydroxyl groups excluding tert-OH is 1. The quantitative estimate of drug-likeness (QED) is 0.855. The molecule has 0 spiro atoms. The third kappa shape index (κ3) is 3.56. The van der Waals surface area contributed by atoms with Gasteiger partial charge in [-0.05, 0) is 24.1 Å². The molecule has 4 heteroatoms. The van der Waals surface area contributed by atoms with Gasteiger partial charge in [0.15, 0.2) is 0 Å². The van der Waals surface area contributed by atoms with E-state index < -0.39 is 0 Å². The Bertz CT molecular complexity index is 708. The summed E-state index contributed by atoms with van der Waals surface area (Å²) in [5.74, 6) is 5.91. The zero-order chi connectivity index (χ0) is 14.4. The topological polar surface area (TPSA) is 55.1 Å². The fourth-order valence-corrected chi connectivity index (χ4v) is 1.80. The first kappa shape index (κ1) is 14.0. The Labute approximate surface area is 117 Å². The monoisotopic (exact) mass is 268 g/mol. The molecule has 1 aromatic carbocycles. The molecule has 4 nitrogen and oxygen atoms in total. The maximum Gasteiger partial charge on any atom is 0.267 e. The Morgan fingerprint density at radius 1 is 1.35 bits per heavy atom. The van der Waals surface area contributed by atoms with Gasteiger partial charge < -0.3 is 5.11 Å². The third-order valence-corrected chi connectivity index (χ3v) is 2.80. The van der Waals surface area contributed by atoms with Crippen molar-refractivity contribution in [1.82, 2.24) is 9.78 Å². The predicted octanol–water partition coefficient (Wildman–Crippen LogP) is 1.33. The zero-order valence-corrected chi connectivity index (χ0v) is 11.3. The summed E-state index contributed by atoms with van der Waals surface area (Å²) in [6, 6.07) is 9.20. The summed E-state index contributed by atoms with van der Waals surface area (Å²) in [6.45, 7) is 2.28. The van der Waals surface area contributed by atoms with E-state index in [4.69, 9.17) is 5.11 Å². The van der Waals surface area contributed by atoms with Crippen LogP contribution in [0, 0.1) is 18.8 Å². The van der Waals surface area contributed by atoms with E-state index in [9.17, 15) is 4.79 Å². The van der Waals surface area contributed by atoms with E-state index in [2.05, 4.69) is 16.9 Å². The van der Waals surface area contributed by atoms with Crippen LogP contribution in [0.4, 0.5) is 0 Å². The SMILES string of the molecule is Cc1cnn(Cc2ccccc2C#CCCO)c(=O)c1. The highest BCUT2D eigenvalue weighted by atomic mass is 16.2. The van der Waals surface area contributed by atoms with Crippen LogP contribution in [-0.2, 0) is 6.54 Å². The van der Waals surface area contributed by atoms with Gasteiger partial charge in [0.1, 0.15) is 0 Å². The van der Waals surface area contributed by atoms with Gasteiger partial charge in [-0.1, -0.05) is 30.0 Å². The van der Waals surface area contributed by atoms with Gasteiger partial charge in [0.25, 0.3) is 5.56 Å². The Kier molecular flexibility index (Phi) is 4.70. The minimum Gasteiger partial charge on any atom is -0.395 e. The van der Waals surface area contributed by atoms with Crippen LogP contribution >= 0.6 is 0 Å². The Morgan fingerprint density at radius 2 is 2.15 bits per heavy atom. The summed E-state index contributed by atoms with van der Waals surface area (Å²) in [4.78, 5) is 11.8. The van der Waals surface area contributed by atoms with Crippen LogP contribution in [-0.4, -0.2) is 21.5 Å². The molecule has 2 aromatic rings. The van der Waals surface area contributed by atoms with Crippen molar-refractivity contribution in [3.63, 3.8) is 0 Å².